The molecule has 1 atom stereocenters. The van der Waals surface area contributed by atoms with Gasteiger partial charge in [0.15, 0.2) is 0 Å². The van der Waals surface area contributed by atoms with Crippen LogP contribution in [0.15, 0.2) is 53.4 Å². The van der Waals surface area contributed by atoms with Crippen LogP contribution in [-0.2, 0) is 4.74 Å². The van der Waals surface area contributed by atoms with Crippen LogP contribution in [0.5, 0.6) is 0 Å². The lowest BCUT2D eigenvalue weighted by Crippen LogP contribution is -2.32. The maximum absolute atomic E-state index is 12.5. The summed E-state index contributed by atoms with van der Waals surface area (Å²) in [6, 6.07) is 12.6. The Bertz CT molecular complexity index is 824. The number of thioether (sulfide) groups is 1. The second-order valence-corrected chi connectivity index (χ2v) is 7.31. The summed E-state index contributed by atoms with van der Waals surface area (Å²) in [6.07, 6.45) is 1.93. The number of hydrogen-bond acceptors (Lipinski definition) is 4. The van der Waals surface area contributed by atoms with Crippen molar-refractivity contribution >= 4 is 29.3 Å². The molecular weight excluding hydrogens is 386 g/mol. The van der Waals surface area contributed by atoms with Crippen molar-refractivity contribution < 1.29 is 23.1 Å². The molecule has 0 aromatic heterocycles. The van der Waals surface area contributed by atoms with E-state index >= 15 is 0 Å². The van der Waals surface area contributed by atoms with Crippen molar-refractivity contribution in [2.75, 3.05) is 18.5 Å². The lowest BCUT2D eigenvalue weighted by Gasteiger charge is -2.14. The third kappa shape index (κ3) is 5.53. The zero-order valence-electron chi connectivity index (χ0n) is 15.0. The van der Waals surface area contributed by atoms with Crippen molar-refractivity contribution in [2.24, 2.45) is 0 Å². The molecule has 1 heterocycles. The van der Waals surface area contributed by atoms with E-state index in [0.29, 0.717) is 46.6 Å². The van der Waals surface area contributed by atoms with Crippen molar-refractivity contribution in [3.8, 4) is 0 Å². The summed E-state index contributed by atoms with van der Waals surface area (Å²) in [5.41, 5.74) is 1.04. The minimum absolute atomic E-state index is 0.0235. The van der Waals surface area contributed by atoms with Crippen molar-refractivity contribution in [3.63, 3.8) is 0 Å². The topological polar surface area (TPSA) is 67.4 Å². The van der Waals surface area contributed by atoms with Gasteiger partial charge in [0.05, 0.1) is 17.4 Å². The highest BCUT2D eigenvalue weighted by atomic mass is 32.2. The van der Waals surface area contributed by atoms with Gasteiger partial charge in [-0.2, -0.15) is 8.78 Å². The maximum Gasteiger partial charge on any atom is 0.288 e. The van der Waals surface area contributed by atoms with Gasteiger partial charge >= 0.3 is 0 Å². The fraction of sp³-hybridized carbons (Fsp3) is 0.300. The highest BCUT2D eigenvalue weighted by molar-refractivity contribution is 7.99. The predicted octanol–water partition coefficient (Wildman–Crippen LogP) is 4.16. The summed E-state index contributed by atoms with van der Waals surface area (Å²) >= 11 is 0.417. The lowest BCUT2D eigenvalue weighted by molar-refractivity contribution is 0.0858. The number of alkyl halides is 2. The molecule has 28 heavy (non-hydrogen) atoms. The molecule has 0 aliphatic carbocycles. The maximum atomic E-state index is 12.5. The van der Waals surface area contributed by atoms with Crippen LogP contribution in [0.25, 0.3) is 0 Å². The smallest absolute Gasteiger partial charge is 0.288 e. The number of nitrogens with one attached hydrogen (secondary N) is 2. The van der Waals surface area contributed by atoms with Crippen molar-refractivity contribution in [3.05, 3.63) is 59.7 Å². The van der Waals surface area contributed by atoms with Crippen LogP contribution in [0.3, 0.4) is 0 Å². The van der Waals surface area contributed by atoms with Crippen molar-refractivity contribution in [1.29, 1.82) is 0 Å². The van der Waals surface area contributed by atoms with E-state index in [9.17, 15) is 18.4 Å². The normalized spacial score (nSPS) is 16.2. The van der Waals surface area contributed by atoms with Gasteiger partial charge in [-0.1, -0.05) is 23.9 Å². The second-order valence-electron chi connectivity index (χ2n) is 6.25. The molecule has 1 saturated heterocycles. The summed E-state index contributed by atoms with van der Waals surface area (Å²) in [5, 5.41) is 5.54. The molecule has 0 radical (unpaired) electrons. The van der Waals surface area contributed by atoms with E-state index in [1.807, 2.05) is 0 Å². The standard InChI is InChI=1S/C20H20F2N2O3S/c21-20(22)28-15-9-7-13(8-10-15)18(25)24-17-6-2-1-5-16(17)19(26)23-12-14-4-3-11-27-14/h1-2,5-10,14,20H,3-4,11-12H2,(H,23,26)(H,24,25). The molecule has 1 aliphatic rings. The van der Waals surface area contributed by atoms with Gasteiger partial charge < -0.3 is 15.4 Å². The predicted molar refractivity (Wildman–Crippen MR) is 104 cm³/mol. The van der Waals surface area contributed by atoms with E-state index in [4.69, 9.17) is 4.74 Å². The minimum Gasteiger partial charge on any atom is -0.376 e. The molecule has 2 amide bonds. The number of anilines is 1. The van der Waals surface area contributed by atoms with Crippen LogP contribution in [0.4, 0.5) is 14.5 Å². The Morgan fingerprint density at radius 3 is 2.54 bits per heavy atom. The average Bonchev–Trinajstić information content (AvgIpc) is 3.20. The number of rotatable bonds is 7. The molecule has 0 bridgehead atoms. The van der Waals surface area contributed by atoms with Crippen LogP contribution >= 0.6 is 11.8 Å². The number of hydrogen-bond donors (Lipinski definition) is 2. The molecule has 148 valence electrons. The third-order valence-electron chi connectivity index (χ3n) is 4.28. The fourth-order valence-electron chi connectivity index (χ4n) is 2.88. The molecule has 1 unspecified atom stereocenters. The summed E-state index contributed by atoms with van der Waals surface area (Å²) in [4.78, 5) is 25.3. The van der Waals surface area contributed by atoms with E-state index in [-0.39, 0.29) is 12.0 Å². The fourth-order valence-corrected chi connectivity index (χ4v) is 3.38. The van der Waals surface area contributed by atoms with Gasteiger partial charge in [-0.15, -0.1) is 0 Å². The minimum atomic E-state index is -2.51. The van der Waals surface area contributed by atoms with Gasteiger partial charge in [0.1, 0.15) is 0 Å². The monoisotopic (exact) mass is 406 g/mol. The van der Waals surface area contributed by atoms with E-state index < -0.39 is 11.7 Å². The van der Waals surface area contributed by atoms with Gasteiger partial charge in [-0.05, 0) is 49.2 Å². The second kappa shape index (κ2) is 9.66. The van der Waals surface area contributed by atoms with Crippen molar-refractivity contribution in [2.45, 2.75) is 29.6 Å². The largest absolute Gasteiger partial charge is 0.376 e. The first-order valence-electron chi connectivity index (χ1n) is 8.88. The van der Waals surface area contributed by atoms with Crippen LogP contribution in [0, 0.1) is 0 Å². The molecule has 2 aromatic carbocycles. The molecular formula is C20H20F2N2O3S. The average molecular weight is 406 g/mol. The van der Waals surface area contributed by atoms with Gasteiger partial charge in [-0.3, -0.25) is 9.59 Å². The number of benzene rings is 2. The van der Waals surface area contributed by atoms with Gasteiger partial charge in [0, 0.05) is 23.6 Å². The SMILES string of the molecule is O=C(Nc1ccccc1C(=O)NCC1CCCO1)c1ccc(SC(F)F)cc1. The first-order valence-corrected chi connectivity index (χ1v) is 9.76. The Morgan fingerprint density at radius 2 is 1.86 bits per heavy atom. The first kappa shape index (κ1) is 20.3. The van der Waals surface area contributed by atoms with E-state index in [0.717, 1.165) is 12.8 Å². The van der Waals surface area contributed by atoms with Crippen molar-refractivity contribution in [1.82, 2.24) is 5.32 Å². The third-order valence-corrected chi connectivity index (χ3v) is 5.00. The van der Waals surface area contributed by atoms with Gasteiger partial charge in [0.25, 0.3) is 17.6 Å². The summed E-state index contributed by atoms with van der Waals surface area (Å²) in [7, 11) is 0. The van der Waals surface area contributed by atoms with E-state index in [2.05, 4.69) is 10.6 Å². The number of halogens is 2. The number of carbonyl (C=O) groups excluding carboxylic acids is 2. The Labute approximate surface area is 165 Å². The van der Waals surface area contributed by atoms with E-state index in [1.165, 1.54) is 24.3 Å². The van der Waals surface area contributed by atoms with Gasteiger partial charge in [-0.25, -0.2) is 0 Å². The Morgan fingerprint density at radius 1 is 1.11 bits per heavy atom. The van der Waals surface area contributed by atoms with E-state index in [1.54, 1.807) is 24.3 Å². The first-order chi connectivity index (χ1) is 13.5. The zero-order chi connectivity index (χ0) is 19.9. The van der Waals surface area contributed by atoms with Crippen LogP contribution in [0.2, 0.25) is 0 Å². The number of carbonyl (C=O) groups is 2. The highest BCUT2D eigenvalue weighted by Crippen LogP contribution is 2.25. The molecule has 1 fully saturated rings. The number of ether oxygens (including phenoxy) is 1. The zero-order valence-corrected chi connectivity index (χ0v) is 15.8. The quantitative estimate of drug-likeness (QED) is 0.678. The summed E-state index contributed by atoms with van der Waals surface area (Å²) in [6.45, 7) is 1.13. The van der Waals surface area contributed by atoms with Crippen LogP contribution < -0.4 is 10.6 Å². The molecule has 8 heteroatoms. The van der Waals surface area contributed by atoms with Crippen LogP contribution in [-0.4, -0.2) is 36.8 Å². The molecule has 0 saturated carbocycles. The Hall–Kier alpha value is -2.45. The molecule has 2 aromatic rings. The number of amides is 2. The Balaban J connectivity index is 1.64. The molecule has 0 spiro atoms. The van der Waals surface area contributed by atoms with Gasteiger partial charge in [0.2, 0.25) is 0 Å². The lowest BCUT2D eigenvalue weighted by atomic mass is 10.1. The van der Waals surface area contributed by atoms with Crippen LogP contribution in [0.1, 0.15) is 33.6 Å². The number of para-hydroxylation sites is 1. The Kier molecular flexibility index (Phi) is 7.00. The molecule has 2 N–H and O–H groups in total. The molecule has 1 aliphatic heterocycles. The summed E-state index contributed by atoms with van der Waals surface area (Å²) in [5.74, 6) is -3.23. The molecule has 3 rings (SSSR count). The summed E-state index contributed by atoms with van der Waals surface area (Å²) < 4.78 is 30.3. The highest BCUT2D eigenvalue weighted by Gasteiger charge is 2.18. The molecule has 5 nitrogen and oxygen atoms in total.